The predicted molar refractivity (Wildman–Crippen MR) is 90.8 cm³/mol. The number of hydrogen-bond donors (Lipinski definition) is 2. The van der Waals surface area contributed by atoms with Crippen LogP contribution in [0.5, 0.6) is 5.75 Å². The molecule has 3 atom stereocenters. The first-order valence-electron chi connectivity index (χ1n) is 8.75. The maximum atomic E-state index is 12.5. The van der Waals surface area contributed by atoms with Crippen LogP contribution in [-0.2, 0) is 16.6 Å². The number of ketones is 1. The Morgan fingerprint density at radius 3 is 2.57 bits per heavy atom. The molecule has 1 fully saturated rings. The number of fused-ring (bicyclic) bond motifs is 3. The lowest BCUT2D eigenvalue weighted by Crippen LogP contribution is -2.55. The smallest absolute Gasteiger partial charge is 0.141 e. The maximum Gasteiger partial charge on any atom is 0.141 e. The standard InChI is InChI=1S/C20H28O3/c1-12(2)18-13-5-8-16-19(3,14(13)6-7-15(18)22)10-9-17(23)20(16,4)11-21/h6-7,12,16,21-22H,5,8-11H2,1-4H3. The van der Waals surface area contributed by atoms with Gasteiger partial charge in [-0.05, 0) is 59.3 Å². The van der Waals surface area contributed by atoms with Crippen molar-refractivity contribution in [3.05, 3.63) is 28.8 Å². The Labute approximate surface area is 138 Å². The summed E-state index contributed by atoms with van der Waals surface area (Å²) in [6.07, 6.45) is 3.14. The minimum atomic E-state index is -0.638. The molecule has 0 aromatic heterocycles. The van der Waals surface area contributed by atoms with E-state index in [4.69, 9.17) is 0 Å². The molecular weight excluding hydrogens is 288 g/mol. The van der Waals surface area contributed by atoms with Gasteiger partial charge in [-0.3, -0.25) is 4.79 Å². The lowest BCUT2D eigenvalue weighted by atomic mass is 9.49. The van der Waals surface area contributed by atoms with Gasteiger partial charge >= 0.3 is 0 Å². The van der Waals surface area contributed by atoms with E-state index in [1.807, 2.05) is 13.0 Å². The molecule has 0 spiro atoms. The fourth-order valence-electron chi connectivity index (χ4n) is 5.28. The monoisotopic (exact) mass is 316 g/mol. The third-order valence-corrected chi connectivity index (χ3v) is 6.58. The second kappa shape index (κ2) is 5.34. The molecule has 3 nitrogen and oxygen atoms in total. The molecule has 0 saturated heterocycles. The van der Waals surface area contributed by atoms with E-state index in [9.17, 15) is 15.0 Å². The van der Waals surface area contributed by atoms with Gasteiger partial charge in [0.1, 0.15) is 11.5 Å². The van der Waals surface area contributed by atoms with Crippen molar-refractivity contribution in [3.63, 3.8) is 0 Å². The Morgan fingerprint density at radius 1 is 1.26 bits per heavy atom. The summed E-state index contributed by atoms with van der Waals surface area (Å²) in [4.78, 5) is 12.5. The van der Waals surface area contributed by atoms with Gasteiger partial charge in [-0.25, -0.2) is 0 Å². The zero-order valence-electron chi connectivity index (χ0n) is 14.6. The van der Waals surface area contributed by atoms with Crippen LogP contribution in [0.1, 0.15) is 69.6 Å². The number of rotatable bonds is 2. The molecule has 2 aliphatic carbocycles. The molecule has 3 unspecified atom stereocenters. The Bertz CT molecular complexity index is 649. The van der Waals surface area contributed by atoms with E-state index in [0.29, 0.717) is 12.2 Å². The minimum Gasteiger partial charge on any atom is -0.508 e. The molecule has 126 valence electrons. The molecule has 3 heteroatoms. The van der Waals surface area contributed by atoms with Crippen LogP contribution in [0, 0.1) is 11.3 Å². The molecule has 0 amide bonds. The third kappa shape index (κ3) is 2.16. The zero-order valence-corrected chi connectivity index (χ0v) is 14.6. The fourth-order valence-corrected chi connectivity index (χ4v) is 5.28. The maximum absolute atomic E-state index is 12.5. The van der Waals surface area contributed by atoms with Crippen LogP contribution in [-0.4, -0.2) is 22.6 Å². The summed E-state index contributed by atoms with van der Waals surface area (Å²) in [6, 6.07) is 3.87. The highest BCUT2D eigenvalue weighted by molar-refractivity contribution is 5.86. The van der Waals surface area contributed by atoms with Crippen LogP contribution < -0.4 is 0 Å². The van der Waals surface area contributed by atoms with Crippen LogP contribution in [0.4, 0.5) is 0 Å². The van der Waals surface area contributed by atoms with Crippen molar-refractivity contribution < 1.29 is 15.0 Å². The molecule has 2 N–H and O–H groups in total. The molecule has 0 heterocycles. The van der Waals surface area contributed by atoms with Crippen molar-refractivity contribution >= 4 is 5.78 Å². The van der Waals surface area contributed by atoms with Crippen LogP contribution in [0.15, 0.2) is 12.1 Å². The van der Waals surface area contributed by atoms with Crippen LogP contribution >= 0.6 is 0 Å². The summed E-state index contributed by atoms with van der Waals surface area (Å²) < 4.78 is 0. The summed E-state index contributed by atoms with van der Waals surface area (Å²) in [5, 5.41) is 20.3. The average molecular weight is 316 g/mol. The number of hydrogen-bond acceptors (Lipinski definition) is 3. The molecule has 2 aliphatic rings. The second-order valence-corrected chi connectivity index (χ2v) is 8.19. The molecule has 1 aromatic carbocycles. The van der Waals surface area contributed by atoms with Gasteiger partial charge in [-0.15, -0.1) is 0 Å². The largest absolute Gasteiger partial charge is 0.508 e. The molecule has 1 saturated carbocycles. The molecular formula is C20H28O3. The summed E-state index contributed by atoms with van der Waals surface area (Å²) in [7, 11) is 0. The Hall–Kier alpha value is -1.35. The Balaban J connectivity index is 2.18. The van der Waals surface area contributed by atoms with E-state index >= 15 is 0 Å². The normalized spacial score (nSPS) is 33.5. The molecule has 0 aliphatic heterocycles. The minimum absolute atomic E-state index is 0.0729. The highest BCUT2D eigenvalue weighted by Crippen LogP contribution is 2.57. The van der Waals surface area contributed by atoms with Gasteiger partial charge < -0.3 is 10.2 Å². The molecule has 0 radical (unpaired) electrons. The van der Waals surface area contributed by atoms with Crippen molar-refractivity contribution in [2.75, 3.05) is 6.61 Å². The van der Waals surface area contributed by atoms with E-state index in [0.717, 1.165) is 24.8 Å². The first-order chi connectivity index (χ1) is 10.8. The number of benzene rings is 1. The van der Waals surface area contributed by atoms with Crippen molar-refractivity contribution in [2.24, 2.45) is 11.3 Å². The number of phenolic OH excluding ortho intramolecular Hbond substituents is 1. The van der Waals surface area contributed by atoms with Gasteiger partial charge in [-0.1, -0.05) is 33.8 Å². The predicted octanol–water partition coefficient (Wildman–Crippen LogP) is 3.70. The van der Waals surface area contributed by atoms with E-state index in [1.165, 1.54) is 11.1 Å². The molecule has 23 heavy (non-hydrogen) atoms. The fraction of sp³-hybridized carbons (Fsp3) is 0.650. The molecule has 3 rings (SSSR count). The van der Waals surface area contributed by atoms with Crippen molar-refractivity contribution in [1.29, 1.82) is 0 Å². The SMILES string of the molecule is CC(C)c1c(O)ccc2c1CCC1C(C)(CO)C(=O)CCC21C. The van der Waals surface area contributed by atoms with Gasteiger partial charge in [0.2, 0.25) is 0 Å². The van der Waals surface area contributed by atoms with Gasteiger partial charge in [-0.2, -0.15) is 0 Å². The Morgan fingerprint density at radius 2 is 1.96 bits per heavy atom. The average Bonchev–Trinajstić information content (AvgIpc) is 2.50. The second-order valence-electron chi connectivity index (χ2n) is 8.19. The molecule has 0 bridgehead atoms. The van der Waals surface area contributed by atoms with E-state index in [1.54, 1.807) is 0 Å². The first-order valence-corrected chi connectivity index (χ1v) is 8.75. The number of aliphatic hydroxyl groups is 1. The van der Waals surface area contributed by atoms with Crippen molar-refractivity contribution in [1.82, 2.24) is 0 Å². The summed E-state index contributed by atoms with van der Waals surface area (Å²) in [5.74, 6) is 1.03. The number of phenols is 1. The quantitative estimate of drug-likeness (QED) is 0.874. The number of Topliss-reactive ketones (excluding diaryl/α,β-unsaturated/α-hetero) is 1. The van der Waals surface area contributed by atoms with Gasteiger partial charge in [0, 0.05) is 6.42 Å². The van der Waals surface area contributed by atoms with E-state index in [-0.39, 0.29) is 29.6 Å². The van der Waals surface area contributed by atoms with Gasteiger partial charge in [0.15, 0.2) is 0 Å². The topological polar surface area (TPSA) is 57.5 Å². The van der Waals surface area contributed by atoms with E-state index in [2.05, 4.69) is 26.8 Å². The van der Waals surface area contributed by atoms with Crippen LogP contribution in [0.25, 0.3) is 0 Å². The highest BCUT2D eigenvalue weighted by Gasteiger charge is 2.55. The number of carbonyl (C=O) groups is 1. The van der Waals surface area contributed by atoms with E-state index < -0.39 is 5.41 Å². The summed E-state index contributed by atoms with van der Waals surface area (Å²) in [6.45, 7) is 8.35. The van der Waals surface area contributed by atoms with Gasteiger partial charge in [0.25, 0.3) is 0 Å². The lowest BCUT2D eigenvalue weighted by molar-refractivity contribution is -0.142. The third-order valence-electron chi connectivity index (χ3n) is 6.58. The van der Waals surface area contributed by atoms with Gasteiger partial charge in [0.05, 0.1) is 12.0 Å². The number of carbonyl (C=O) groups excluding carboxylic acids is 1. The summed E-state index contributed by atoms with van der Waals surface area (Å²) in [5.41, 5.74) is 2.87. The number of aromatic hydroxyl groups is 1. The van der Waals surface area contributed by atoms with Crippen LogP contribution in [0.3, 0.4) is 0 Å². The first kappa shape index (κ1) is 16.5. The lowest BCUT2D eigenvalue weighted by Gasteiger charge is -2.54. The zero-order chi connectivity index (χ0) is 17.0. The molecule has 1 aromatic rings. The summed E-state index contributed by atoms with van der Waals surface area (Å²) >= 11 is 0. The highest BCUT2D eigenvalue weighted by atomic mass is 16.3. The van der Waals surface area contributed by atoms with Crippen molar-refractivity contribution in [3.8, 4) is 5.75 Å². The Kier molecular flexibility index (Phi) is 3.83. The van der Waals surface area contributed by atoms with Crippen molar-refractivity contribution in [2.45, 2.75) is 64.7 Å². The number of aliphatic hydroxyl groups excluding tert-OH is 1. The van der Waals surface area contributed by atoms with Crippen LogP contribution in [0.2, 0.25) is 0 Å².